The molecule has 4 rings (SSSR count). The number of fused-ring (bicyclic) bond motifs is 2. The highest BCUT2D eigenvalue weighted by molar-refractivity contribution is 7.10. The number of thiophene rings is 2. The second-order valence-corrected chi connectivity index (χ2v) is 9.00. The van der Waals surface area contributed by atoms with Crippen molar-refractivity contribution in [2.24, 2.45) is 5.73 Å². The largest absolute Gasteiger partial charge is 0.371 e. The molecule has 136 valence electrons. The fourth-order valence-electron chi connectivity index (χ4n) is 3.78. The fraction of sp³-hybridized carbons (Fsp3) is 0.579. The number of ether oxygens (including phenoxy) is 2. The van der Waals surface area contributed by atoms with Crippen molar-refractivity contribution in [3.05, 3.63) is 43.8 Å². The Morgan fingerprint density at radius 2 is 1.88 bits per heavy atom. The van der Waals surface area contributed by atoms with E-state index in [0.717, 1.165) is 26.0 Å². The summed E-state index contributed by atoms with van der Waals surface area (Å²) in [4.78, 5) is 2.68. The molecule has 0 spiro atoms. The van der Waals surface area contributed by atoms with E-state index in [2.05, 4.69) is 35.1 Å². The number of hydrogen-bond acceptors (Lipinski definition) is 6. The normalized spacial score (nSPS) is 28.2. The maximum Gasteiger partial charge on any atom is 0.107 e. The average Bonchev–Trinajstić information content (AvgIpc) is 3.26. The Bertz CT molecular complexity index is 712. The van der Waals surface area contributed by atoms with Gasteiger partial charge in [0, 0.05) is 34.8 Å². The molecule has 0 saturated carbocycles. The molecule has 1 unspecified atom stereocenters. The lowest BCUT2D eigenvalue weighted by atomic mass is 9.98. The standard InChI is InChI=1S/C19H26N2O2S2/c1-11(20)16-19-14(5-8-25-19)9-15(23-16)10-21-12(2)17-18-13(3-6-22-17)4-7-24-18/h4-5,7-8,11-12,15-17,21H,3,6,9-10,20H2,1-2H3/t11-,12+,15?,16+,17-/m1/s1. The van der Waals surface area contributed by atoms with Gasteiger partial charge in [0.2, 0.25) is 0 Å². The Balaban J connectivity index is 1.39. The van der Waals surface area contributed by atoms with Crippen molar-refractivity contribution in [1.82, 2.24) is 5.32 Å². The molecule has 6 heteroatoms. The van der Waals surface area contributed by atoms with Crippen LogP contribution in [0.4, 0.5) is 0 Å². The molecule has 2 aliphatic heterocycles. The predicted molar refractivity (Wildman–Crippen MR) is 103 cm³/mol. The average molecular weight is 379 g/mol. The number of nitrogens with one attached hydrogen (secondary N) is 1. The zero-order valence-corrected chi connectivity index (χ0v) is 16.4. The minimum atomic E-state index is 0.00739. The molecule has 0 saturated heterocycles. The number of rotatable bonds is 5. The van der Waals surface area contributed by atoms with Gasteiger partial charge in [-0.15, -0.1) is 22.7 Å². The van der Waals surface area contributed by atoms with Crippen LogP contribution in [0, 0.1) is 0 Å². The smallest absolute Gasteiger partial charge is 0.107 e. The summed E-state index contributed by atoms with van der Waals surface area (Å²) in [6.07, 6.45) is 2.31. The molecule has 4 nitrogen and oxygen atoms in total. The molecule has 25 heavy (non-hydrogen) atoms. The molecule has 4 heterocycles. The molecule has 0 aromatic carbocycles. The van der Waals surface area contributed by atoms with Gasteiger partial charge in [0.1, 0.15) is 12.2 Å². The van der Waals surface area contributed by atoms with Crippen LogP contribution in [0.2, 0.25) is 0 Å². The first kappa shape index (κ1) is 17.6. The molecule has 0 amide bonds. The highest BCUT2D eigenvalue weighted by atomic mass is 32.1. The van der Waals surface area contributed by atoms with Gasteiger partial charge in [-0.1, -0.05) is 0 Å². The lowest BCUT2D eigenvalue weighted by molar-refractivity contribution is -0.0379. The Morgan fingerprint density at radius 1 is 1.16 bits per heavy atom. The summed E-state index contributed by atoms with van der Waals surface area (Å²) in [6.45, 7) is 5.87. The first-order valence-corrected chi connectivity index (χ1v) is 10.8. The van der Waals surface area contributed by atoms with E-state index in [0.29, 0.717) is 0 Å². The van der Waals surface area contributed by atoms with Crippen LogP contribution >= 0.6 is 22.7 Å². The highest BCUT2D eigenvalue weighted by Gasteiger charge is 2.32. The van der Waals surface area contributed by atoms with Gasteiger partial charge >= 0.3 is 0 Å². The molecule has 0 aliphatic carbocycles. The van der Waals surface area contributed by atoms with Crippen LogP contribution in [0.3, 0.4) is 0 Å². The first-order chi connectivity index (χ1) is 12.1. The van der Waals surface area contributed by atoms with Crippen molar-refractivity contribution < 1.29 is 9.47 Å². The highest BCUT2D eigenvalue weighted by Crippen LogP contribution is 2.36. The van der Waals surface area contributed by atoms with Gasteiger partial charge < -0.3 is 20.5 Å². The van der Waals surface area contributed by atoms with Gasteiger partial charge in [-0.25, -0.2) is 0 Å². The van der Waals surface area contributed by atoms with Crippen molar-refractivity contribution in [2.75, 3.05) is 13.2 Å². The molecule has 0 bridgehead atoms. The molecule has 5 atom stereocenters. The lowest BCUT2D eigenvalue weighted by Gasteiger charge is -2.34. The quantitative estimate of drug-likeness (QED) is 0.837. The molecule has 0 fully saturated rings. The second kappa shape index (κ2) is 7.47. The van der Waals surface area contributed by atoms with Crippen LogP contribution in [-0.4, -0.2) is 31.3 Å². The Kier molecular flexibility index (Phi) is 5.27. The van der Waals surface area contributed by atoms with Crippen LogP contribution in [0.15, 0.2) is 22.9 Å². The molecule has 3 N–H and O–H groups in total. The lowest BCUT2D eigenvalue weighted by Crippen LogP contribution is -2.44. The SMILES string of the molecule is C[C@H](NCC1Cc2ccsc2[C@H]([C@@H](C)N)O1)[C@H]1OCCc2ccsc21. The second-order valence-electron chi connectivity index (χ2n) is 7.10. The minimum absolute atomic E-state index is 0.00739. The molecule has 2 aromatic rings. The van der Waals surface area contributed by atoms with E-state index in [1.807, 2.05) is 18.3 Å². The van der Waals surface area contributed by atoms with Gasteiger partial charge in [-0.2, -0.15) is 0 Å². The maximum absolute atomic E-state index is 6.31. The molecule has 2 aliphatic rings. The summed E-state index contributed by atoms with van der Waals surface area (Å²) in [7, 11) is 0. The number of hydrogen-bond donors (Lipinski definition) is 2. The summed E-state index contributed by atoms with van der Waals surface area (Å²) in [5.41, 5.74) is 9.00. The van der Waals surface area contributed by atoms with Crippen LogP contribution in [0.25, 0.3) is 0 Å². The van der Waals surface area contributed by atoms with E-state index in [1.54, 1.807) is 11.3 Å². The zero-order valence-electron chi connectivity index (χ0n) is 14.7. The Labute approximate surface area is 157 Å². The fourth-order valence-corrected chi connectivity index (χ4v) is 5.97. The third-order valence-electron chi connectivity index (χ3n) is 5.13. The summed E-state index contributed by atoms with van der Waals surface area (Å²) in [5.74, 6) is 0. The van der Waals surface area contributed by atoms with Crippen molar-refractivity contribution >= 4 is 22.7 Å². The zero-order chi connectivity index (χ0) is 17.4. The summed E-state index contributed by atoms with van der Waals surface area (Å²) in [5, 5.41) is 7.98. The van der Waals surface area contributed by atoms with Gasteiger partial charge in [-0.05, 0) is 54.3 Å². The van der Waals surface area contributed by atoms with E-state index in [4.69, 9.17) is 15.2 Å². The van der Waals surface area contributed by atoms with E-state index in [1.165, 1.54) is 20.9 Å². The number of nitrogens with two attached hydrogens (primary N) is 1. The monoisotopic (exact) mass is 378 g/mol. The maximum atomic E-state index is 6.31. The third-order valence-corrected chi connectivity index (χ3v) is 7.17. The summed E-state index contributed by atoms with van der Waals surface area (Å²) >= 11 is 3.57. The van der Waals surface area contributed by atoms with Crippen molar-refractivity contribution in [3.8, 4) is 0 Å². The van der Waals surface area contributed by atoms with Crippen molar-refractivity contribution in [2.45, 2.75) is 57.1 Å². The molecular weight excluding hydrogens is 352 g/mol. The molecule has 0 radical (unpaired) electrons. The Morgan fingerprint density at radius 3 is 2.64 bits per heavy atom. The van der Waals surface area contributed by atoms with Crippen molar-refractivity contribution in [1.29, 1.82) is 0 Å². The predicted octanol–water partition coefficient (Wildman–Crippen LogP) is 3.43. The summed E-state index contributed by atoms with van der Waals surface area (Å²) in [6, 6.07) is 4.72. The minimum Gasteiger partial charge on any atom is -0.371 e. The Hall–Kier alpha value is -0.760. The van der Waals surface area contributed by atoms with Crippen molar-refractivity contribution in [3.63, 3.8) is 0 Å². The molecule has 2 aromatic heterocycles. The van der Waals surface area contributed by atoms with Crippen LogP contribution in [-0.2, 0) is 22.3 Å². The first-order valence-electron chi connectivity index (χ1n) is 9.02. The molecular formula is C19H26N2O2S2. The van der Waals surface area contributed by atoms with Gasteiger partial charge in [0.05, 0.1) is 12.7 Å². The summed E-state index contributed by atoms with van der Waals surface area (Å²) < 4.78 is 12.4. The van der Waals surface area contributed by atoms with Gasteiger partial charge in [-0.3, -0.25) is 0 Å². The van der Waals surface area contributed by atoms with Gasteiger partial charge in [0.15, 0.2) is 0 Å². The van der Waals surface area contributed by atoms with Crippen LogP contribution < -0.4 is 11.1 Å². The van der Waals surface area contributed by atoms with E-state index < -0.39 is 0 Å². The third kappa shape index (κ3) is 3.56. The topological polar surface area (TPSA) is 56.5 Å². The van der Waals surface area contributed by atoms with E-state index >= 15 is 0 Å². The van der Waals surface area contributed by atoms with Crippen LogP contribution in [0.1, 0.15) is 46.9 Å². The van der Waals surface area contributed by atoms with Gasteiger partial charge in [0.25, 0.3) is 0 Å². The van der Waals surface area contributed by atoms with E-state index in [-0.39, 0.29) is 30.4 Å². The van der Waals surface area contributed by atoms with Crippen LogP contribution in [0.5, 0.6) is 0 Å². The van der Waals surface area contributed by atoms with E-state index in [9.17, 15) is 0 Å².